The molecule has 0 saturated heterocycles. The van der Waals surface area contributed by atoms with Gasteiger partial charge in [0.05, 0.1) is 22.3 Å². The highest BCUT2D eigenvalue weighted by atomic mass is 19.1. The number of nitro groups is 1. The Balaban J connectivity index is 2.57. The van der Waals surface area contributed by atoms with Crippen LogP contribution < -0.4 is 5.73 Å². The normalized spacial score (nSPS) is 11.4. The molecule has 2 aromatic carbocycles. The number of benzene rings is 2. The maximum absolute atomic E-state index is 13.9. The predicted molar refractivity (Wildman–Crippen MR) is 76.1 cm³/mol. The van der Waals surface area contributed by atoms with Crippen molar-refractivity contribution >= 4 is 17.0 Å². The van der Waals surface area contributed by atoms with Gasteiger partial charge in [-0.2, -0.15) is 5.26 Å². The number of rotatable bonds is 3. The summed E-state index contributed by atoms with van der Waals surface area (Å²) in [5.41, 5.74) is 6.05. The summed E-state index contributed by atoms with van der Waals surface area (Å²) in [7, 11) is 0. The van der Waals surface area contributed by atoms with Crippen molar-refractivity contribution in [3.05, 3.63) is 75.6 Å². The Morgan fingerprint density at radius 1 is 1.24 bits per heavy atom. The molecule has 2 aromatic rings. The van der Waals surface area contributed by atoms with Gasteiger partial charge in [-0.25, -0.2) is 4.39 Å². The third-order valence-corrected chi connectivity index (χ3v) is 2.90. The topological polar surface area (TPSA) is 93.0 Å². The van der Waals surface area contributed by atoms with E-state index in [9.17, 15) is 19.8 Å². The first kappa shape index (κ1) is 14.2. The van der Waals surface area contributed by atoms with Gasteiger partial charge >= 0.3 is 0 Å². The van der Waals surface area contributed by atoms with Crippen LogP contribution in [0.1, 0.15) is 11.1 Å². The number of nitro benzene ring substituents is 1. The number of hydrogen-bond donors (Lipinski definition) is 1. The van der Waals surface area contributed by atoms with Gasteiger partial charge in [-0.05, 0) is 11.6 Å². The average Bonchev–Trinajstić information content (AvgIpc) is 2.48. The monoisotopic (exact) mass is 283 g/mol. The summed E-state index contributed by atoms with van der Waals surface area (Å²) in [5, 5.41) is 19.8. The SMILES string of the molecule is N#C/C(=C(/N)c1ccc([N+](=O)[O-])cc1F)c1ccccc1. The Morgan fingerprint density at radius 2 is 1.90 bits per heavy atom. The lowest BCUT2D eigenvalue weighted by atomic mass is 10.0. The molecule has 0 atom stereocenters. The second kappa shape index (κ2) is 5.84. The molecular formula is C15H10FN3O2. The highest BCUT2D eigenvalue weighted by molar-refractivity contribution is 5.96. The largest absolute Gasteiger partial charge is 0.397 e. The maximum atomic E-state index is 13.9. The molecule has 0 saturated carbocycles. The van der Waals surface area contributed by atoms with Gasteiger partial charge in [0, 0.05) is 11.6 Å². The molecule has 0 spiro atoms. The highest BCUT2D eigenvalue weighted by Gasteiger charge is 2.15. The van der Waals surface area contributed by atoms with E-state index >= 15 is 0 Å². The van der Waals surface area contributed by atoms with Crippen LogP contribution in [-0.2, 0) is 0 Å². The summed E-state index contributed by atoms with van der Waals surface area (Å²) in [5.74, 6) is -0.842. The first-order chi connectivity index (χ1) is 10.0. The van der Waals surface area contributed by atoms with E-state index in [0.717, 1.165) is 12.1 Å². The minimum Gasteiger partial charge on any atom is -0.397 e. The molecule has 0 aromatic heterocycles. The maximum Gasteiger partial charge on any atom is 0.272 e. The molecule has 0 aliphatic carbocycles. The summed E-state index contributed by atoms with van der Waals surface area (Å²) >= 11 is 0. The van der Waals surface area contributed by atoms with Gasteiger partial charge in [0.2, 0.25) is 0 Å². The van der Waals surface area contributed by atoms with Crippen LogP contribution in [0.4, 0.5) is 10.1 Å². The molecule has 104 valence electrons. The van der Waals surface area contributed by atoms with Crippen molar-refractivity contribution in [2.24, 2.45) is 5.73 Å². The summed E-state index contributed by atoms with van der Waals surface area (Å²) in [6, 6.07) is 13.6. The van der Waals surface area contributed by atoms with E-state index < -0.39 is 10.7 Å². The summed E-state index contributed by atoms with van der Waals surface area (Å²) in [4.78, 5) is 9.89. The number of nitrogens with two attached hydrogens (primary N) is 1. The Kier molecular flexibility index (Phi) is 3.95. The first-order valence-electron chi connectivity index (χ1n) is 5.94. The van der Waals surface area contributed by atoms with Crippen LogP contribution in [0.15, 0.2) is 48.5 Å². The van der Waals surface area contributed by atoms with Crippen molar-refractivity contribution in [1.29, 1.82) is 5.26 Å². The van der Waals surface area contributed by atoms with E-state index in [1.165, 1.54) is 6.07 Å². The van der Waals surface area contributed by atoms with Crippen LogP contribution >= 0.6 is 0 Å². The van der Waals surface area contributed by atoms with Crippen LogP contribution in [-0.4, -0.2) is 4.92 Å². The van der Waals surface area contributed by atoms with Crippen LogP contribution in [0.5, 0.6) is 0 Å². The minimum atomic E-state index is -0.842. The summed E-state index contributed by atoms with van der Waals surface area (Å²) < 4.78 is 13.9. The van der Waals surface area contributed by atoms with Crippen molar-refractivity contribution in [3.8, 4) is 6.07 Å². The molecular weight excluding hydrogens is 273 g/mol. The zero-order valence-corrected chi connectivity index (χ0v) is 10.8. The lowest BCUT2D eigenvalue weighted by molar-refractivity contribution is -0.385. The Bertz CT molecular complexity index is 764. The van der Waals surface area contributed by atoms with Crippen LogP contribution in [0.3, 0.4) is 0 Å². The van der Waals surface area contributed by atoms with Crippen molar-refractivity contribution in [1.82, 2.24) is 0 Å². The van der Waals surface area contributed by atoms with E-state index in [1.807, 2.05) is 6.07 Å². The van der Waals surface area contributed by atoms with Gasteiger partial charge in [-0.15, -0.1) is 0 Å². The van der Waals surface area contributed by atoms with Gasteiger partial charge < -0.3 is 5.73 Å². The third-order valence-electron chi connectivity index (χ3n) is 2.90. The molecule has 5 nitrogen and oxygen atoms in total. The second-order valence-corrected chi connectivity index (χ2v) is 4.19. The lowest BCUT2D eigenvalue weighted by Gasteiger charge is -2.07. The molecule has 0 unspecified atom stereocenters. The first-order valence-corrected chi connectivity index (χ1v) is 5.94. The van der Waals surface area contributed by atoms with E-state index in [2.05, 4.69) is 0 Å². The summed E-state index contributed by atoms with van der Waals surface area (Å²) in [6.45, 7) is 0. The molecule has 0 heterocycles. The van der Waals surface area contributed by atoms with Gasteiger partial charge in [-0.1, -0.05) is 30.3 Å². The number of hydrogen-bond acceptors (Lipinski definition) is 4. The average molecular weight is 283 g/mol. The molecule has 6 heteroatoms. The fraction of sp³-hybridized carbons (Fsp3) is 0. The molecule has 0 aliphatic rings. The van der Waals surface area contributed by atoms with E-state index in [-0.39, 0.29) is 22.5 Å². The highest BCUT2D eigenvalue weighted by Crippen LogP contribution is 2.26. The smallest absolute Gasteiger partial charge is 0.272 e. The van der Waals surface area contributed by atoms with E-state index in [0.29, 0.717) is 5.56 Å². The van der Waals surface area contributed by atoms with Crippen LogP contribution in [0, 0.1) is 27.3 Å². The van der Waals surface area contributed by atoms with E-state index in [1.54, 1.807) is 30.3 Å². The Hall–Kier alpha value is -3.20. The predicted octanol–water partition coefficient (Wildman–Crippen LogP) is 3.08. The third kappa shape index (κ3) is 2.87. The molecule has 21 heavy (non-hydrogen) atoms. The van der Waals surface area contributed by atoms with Crippen molar-refractivity contribution < 1.29 is 9.31 Å². The summed E-state index contributed by atoms with van der Waals surface area (Å²) in [6.07, 6.45) is 0. The van der Waals surface area contributed by atoms with Crippen molar-refractivity contribution in [2.45, 2.75) is 0 Å². The number of halogens is 1. The van der Waals surface area contributed by atoms with Gasteiger partial charge in [0.15, 0.2) is 0 Å². The lowest BCUT2D eigenvalue weighted by Crippen LogP contribution is -2.04. The molecule has 0 aliphatic heterocycles. The van der Waals surface area contributed by atoms with Gasteiger partial charge in [-0.3, -0.25) is 10.1 Å². The molecule has 0 bridgehead atoms. The van der Waals surface area contributed by atoms with Gasteiger partial charge in [0.25, 0.3) is 5.69 Å². The van der Waals surface area contributed by atoms with Gasteiger partial charge in [0.1, 0.15) is 11.9 Å². The quantitative estimate of drug-likeness (QED) is 0.405. The van der Waals surface area contributed by atoms with Crippen molar-refractivity contribution in [2.75, 3.05) is 0 Å². The Morgan fingerprint density at radius 3 is 2.43 bits per heavy atom. The molecule has 0 radical (unpaired) electrons. The zero-order chi connectivity index (χ0) is 15.4. The minimum absolute atomic E-state index is 0.0407. The molecule has 0 fully saturated rings. The van der Waals surface area contributed by atoms with E-state index in [4.69, 9.17) is 5.73 Å². The Labute approximate surface area is 119 Å². The van der Waals surface area contributed by atoms with Crippen LogP contribution in [0.2, 0.25) is 0 Å². The number of non-ortho nitro benzene ring substituents is 1. The standard InChI is InChI=1S/C15H10FN3O2/c16-14-8-11(19(20)21)6-7-12(14)15(18)13(9-17)10-4-2-1-3-5-10/h1-8H,18H2/b15-13-. The van der Waals surface area contributed by atoms with Crippen LogP contribution in [0.25, 0.3) is 11.3 Å². The number of nitriles is 1. The van der Waals surface area contributed by atoms with Crippen molar-refractivity contribution in [3.63, 3.8) is 0 Å². The molecule has 0 amide bonds. The fourth-order valence-corrected chi connectivity index (χ4v) is 1.86. The fourth-order valence-electron chi connectivity index (χ4n) is 1.86. The number of allylic oxidation sites excluding steroid dienone is 1. The number of nitrogens with zero attached hydrogens (tertiary/aromatic N) is 2. The molecule has 2 rings (SSSR count). The second-order valence-electron chi connectivity index (χ2n) is 4.19. The molecule has 2 N–H and O–H groups in total. The zero-order valence-electron chi connectivity index (χ0n) is 10.8.